The monoisotopic (exact) mass is 459 g/mol. The second-order valence-electron chi connectivity index (χ2n) is 6.56. The van der Waals surface area contributed by atoms with Crippen molar-refractivity contribution in [3.63, 3.8) is 0 Å². The maximum absolute atomic E-state index is 12.8. The lowest BCUT2D eigenvalue weighted by molar-refractivity contribution is -0.153. The van der Waals surface area contributed by atoms with Crippen LogP contribution in [0.2, 0.25) is 0 Å². The number of carbonyl (C=O) groups excluding carboxylic acids is 1. The summed E-state index contributed by atoms with van der Waals surface area (Å²) in [5, 5.41) is 9.98. The highest BCUT2D eigenvalue weighted by Gasteiger charge is 2.31. The SMILES string of the molecule is O=C(CCc1nnc(-c2cccc(C(F)(F)F)c2)o1)Nc1ccc(OCC(F)(F)F)cc1. The van der Waals surface area contributed by atoms with E-state index < -0.39 is 30.4 Å². The number of carbonyl (C=O) groups is 1. The van der Waals surface area contributed by atoms with Crippen LogP contribution in [0.1, 0.15) is 17.9 Å². The highest BCUT2D eigenvalue weighted by atomic mass is 19.4. The van der Waals surface area contributed by atoms with Gasteiger partial charge in [-0.05, 0) is 42.5 Å². The van der Waals surface area contributed by atoms with Gasteiger partial charge in [0.25, 0.3) is 0 Å². The summed E-state index contributed by atoms with van der Waals surface area (Å²) in [5.74, 6) is -0.495. The molecule has 0 atom stereocenters. The van der Waals surface area contributed by atoms with Gasteiger partial charge < -0.3 is 14.5 Å². The first-order chi connectivity index (χ1) is 15.0. The predicted molar refractivity (Wildman–Crippen MR) is 99.7 cm³/mol. The quantitative estimate of drug-likeness (QED) is 0.488. The molecule has 1 aromatic heterocycles. The molecule has 6 nitrogen and oxygen atoms in total. The molecule has 3 rings (SSSR count). The lowest BCUT2D eigenvalue weighted by Crippen LogP contribution is -2.19. The minimum atomic E-state index is -4.51. The van der Waals surface area contributed by atoms with Crippen molar-refractivity contribution in [3.05, 3.63) is 60.0 Å². The van der Waals surface area contributed by atoms with Crippen molar-refractivity contribution < 1.29 is 40.3 Å². The van der Waals surface area contributed by atoms with E-state index in [1.165, 1.54) is 36.4 Å². The van der Waals surface area contributed by atoms with Gasteiger partial charge >= 0.3 is 12.4 Å². The Kier molecular flexibility index (Phi) is 6.70. The Balaban J connectivity index is 1.52. The van der Waals surface area contributed by atoms with Crippen LogP contribution in [-0.2, 0) is 17.4 Å². The maximum Gasteiger partial charge on any atom is 0.422 e. The number of nitrogens with zero attached hydrogens (tertiary/aromatic N) is 2. The topological polar surface area (TPSA) is 77.2 Å². The number of hydrogen-bond donors (Lipinski definition) is 1. The van der Waals surface area contributed by atoms with Gasteiger partial charge in [-0.1, -0.05) is 6.07 Å². The second kappa shape index (κ2) is 9.28. The summed E-state index contributed by atoms with van der Waals surface area (Å²) in [6.07, 6.45) is -9.01. The fourth-order valence-corrected chi connectivity index (χ4v) is 2.54. The number of hydrogen-bond acceptors (Lipinski definition) is 5. The van der Waals surface area contributed by atoms with E-state index in [0.29, 0.717) is 5.69 Å². The molecule has 12 heteroatoms. The van der Waals surface area contributed by atoms with Crippen LogP contribution in [0.25, 0.3) is 11.5 Å². The van der Waals surface area contributed by atoms with E-state index in [1.54, 1.807) is 0 Å². The lowest BCUT2D eigenvalue weighted by atomic mass is 10.1. The number of anilines is 1. The third kappa shape index (κ3) is 6.72. The van der Waals surface area contributed by atoms with Gasteiger partial charge in [0.2, 0.25) is 17.7 Å². The van der Waals surface area contributed by atoms with Crippen LogP contribution in [0, 0.1) is 0 Å². The summed E-state index contributed by atoms with van der Waals surface area (Å²) >= 11 is 0. The first-order valence-electron chi connectivity index (χ1n) is 9.09. The summed E-state index contributed by atoms with van der Waals surface area (Å²) in [5.41, 5.74) is -0.427. The Bertz CT molecular complexity index is 1060. The van der Waals surface area contributed by atoms with Gasteiger partial charge in [-0.2, -0.15) is 26.3 Å². The van der Waals surface area contributed by atoms with Gasteiger partial charge in [0, 0.05) is 24.1 Å². The Hall–Kier alpha value is -3.57. The fraction of sp³-hybridized carbons (Fsp3) is 0.250. The summed E-state index contributed by atoms with van der Waals surface area (Å²) in [6.45, 7) is -1.43. The van der Waals surface area contributed by atoms with E-state index in [4.69, 9.17) is 4.42 Å². The zero-order valence-electron chi connectivity index (χ0n) is 16.1. The molecular formula is C20H15F6N3O3. The molecule has 0 aliphatic heterocycles. The molecule has 32 heavy (non-hydrogen) atoms. The molecular weight excluding hydrogens is 444 g/mol. The summed E-state index contributed by atoms with van der Waals surface area (Å²) in [4.78, 5) is 12.1. The van der Waals surface area contributed by atoms with Crippen molar-refractivity contribution >= 4 is 11.6 Å². The molecule has 0 saturated heterocycles. The van der Waals surface area contributed by atoms with E-state index >= 15 is 0 Å². The Morgan fingerprint density at radius 3 is 2.38 bits per heavy atom. The number of nitrogens with one attached hydrogen (secondary N) is 1. The van der Waals surface area contributed by atoms with Crippen molar-refractivity contribution in [2.45, 2.75) is 25.2 Å². The van der Waals surface area contributed by atoms with Crippen LogP contribution in [0.15, 0.2) is 52.9 Å². The minimum absolute atomic E-state index is 0.00620. The zero-order chi connectivity index (χ0) is 23.4. The summed E-state index contributed by atoms with van der Waals surface area (Å²) in [7, 11) is 0. The maximum atomic E-state index is 12.8. The summed E-state index contributed by atoms with van der Waals surface area (Å²) < 4.78 is 84.8. The van der Waals surface area contributed by atoms with Gasteiger partial charge in [-0.15, -0.1) is 10.2 Å². The molecule has 0 spiro atoms. The number of halogens is 6. The van der Waals surface area contributed by atoms with E-state index in [-0.39, 0.29) is 35.9 Å². The van der Waals surface area contributed by atoms with Crippen molar-refractivity contribution in [1.82, 2.24) is 10.2 Å². The smallest absolute Gasteiger partial charge is 0.422 e. The minimum Gasteiger partial charge on any atom is -0.484 e. The number of rotatable bonds is 7. The molecule has 0 saturated carbocycles. The summed E-state index contributed by atoms with van der Waals surface area (Å²) in [6, 6.07) is 9.72. The van der Waals surface area contributed by atoms with E-state index in [9.17, 15) is 31.1 Å². The number of alkyl halides is 6. The van der Waals surface area contributed by atoms with Gasteiger partial charge in [0.15, 0.2) is 6.61 Å². The molecule has 0 aliphatic carbocycles. The predicted octanol–water partition coefficient (Wildman–Crippen LogP) is 5.27. The standard InChI is InChI=1S/C20H15F6N3O3/c21-19(22,23)11-31-15-6-4-14(5-7-15)27-16(30)8-9-17-28-29-18(32-17)12-2-1-3-13(10-12)20(24,25)26/h1-7,10H,8-9,11H2,(H,27,30). The molecule has 3 aromatic rings. The molecule has 0 radical (unpaired) electrons. The van der Waals surface area contributed by atoms with Gasteiger partial charge in [-0.25, -0.2) is 0 Å². The van der Waals surface area contributed by atoms with Gasteiger partial charge in [-0.3, -0.25) is 4.79 Å². The number of aromatic nitrogens is 2. The van der Waals surface area contributed by atoms with Crippen molar-refractivity contribution in [2.24, 2.45) is 0 Å². The van der Waals surface area contributed by atoms with E-state index in [0.717, 1.165) is 12.1 Å². The third-order valence-electron chi connectivity index (χ3n) is 4.01. The highest BCUT2D eigenvalue weighted by Crippen LogP contribution is 2.31. The average Bonchev–Trinajstić information content (AvgIpc) is 3.20. The van der Waals surface area contributed by atoms with Crippen LogP contribution in [0.3, 0.4) is 0 Å². The van der Waals surface area contributed by atoms with Crippen LogP contribution < -0.4 is 10.1 Å². The van der Waals surface area contributed by atoms with Crippen LogP contribution >= 0.6 is 0 Å². The van der Waals surface area contributed by atoms with Crippen molar-refractivity contribution in [3.8, 4) is 17.2 Å². The Morgan fingerprint density at radius 2 is 1.72 bits per heavy atom. The molecule has 0 unspecified atom stereocenters. The number of aryl methyl sites for hydroxylation is 1. The van der Waals surface area contributed by atoms with Crippen molar-refractivity contribution in [1.29, 1.82) is 0 Å². The molecule has 1 heterocycles. The largest absolute Gasteiger partial charge is 0.484 e. The highest BCUT2D eigenvalue weighted by molar-refractivity contribution is 5.90. The molecule has 0 fully saturated rings. The molecule has 170 valence electrons. The molecule has 1 N–H and O–H groups in total. The van der Waals surface area contributed by atoms with Crippen LogP contribution in [0.5, 0.6) is 5.75 Å². The first-order valence-corrected chi connectivity index (χ1v) is 9.09. The second-order valence-corrected chi connectivity index (χ2v) is 6.56. The number of benzene rings is 2. The Morgan fingerprint density at radius 1 is 1.00 bits per heavy atom. The number of amides is 1. The average molecular weight is 459 g/mol. The molecule has 0 aliphatic rings. The van der Waals surface area contributed by atoms with Crippen LogP contribution in [0.4, 0.5) is 32.0 Å². The first kappa shape index (κ1) is 23.1. The van der Waals surface area contributed by atoms with Crippen LogP contribution in [-0.4, -0.2) is 28.9 Å². The number of ether oxygens (including phenoxy) is 1. The molecule has 1 amide bonds. The molecule has 2 aromatic carbocycles. The normalized spacial score (nSPS) is 11.9. The third-order valence-corrected chi connectivity index (χ3v) is 4.01. The fourth-order valence-electron chi connectivity index (χ4n) is 2.54. The van der Waals surface area contributed by atoms with Gasteiger partial charge in [0.1, 0.15) is 5.75 Å². The van der Waals surface area contributed by atoms with E-state index in [2.05, 4.69) is 20.3 Å². The van der Waals surface area contributed by atoms with E-state index in [1.807, 2.05) is 0 Å². The molecule has 0 bridgehead atoms. The lowest BCUT2D eigenvalue weighted by Gasteiger charge is -2.10. The van der Waals surface area contributed by atoms with Crippen molar-refractivity contribution in [2.75, 3.05) is 11.9 Å². The zero-order valence-corrected chi connectivity index (χ0v) is 16.1. The van der Waals surface area contributed by atoms with Gasteiger partial charge in [0.05, 0.1) is 5.56 Å². The Labute approximate surface area is 177 Å².